The Hall–Kier alpha value is -3.23. The second kappa shape index (κ2) is 9.72. The molecule has 1 amide bonds. The molecule has 1 fully saturated rings. The van der Waals surface area contributed by atoms with Crippen molar-refractivity contribution in [2.75, 3.05) is 55.7 Å². The number of hydrogen-bond acceptors (Lipinski definition) is 7. The van der Waals surface area contributed by atoms with Gasteiger partial charge in [-0.3, -0.25) is 9.69 Å². The van der Waals surface area contributed by atoms with Crippen LogP contribution in [0.1, 0.15) is 4.88 Å². The van der Waals surface area contributed by atoms with Crippen molar-refractivity contribution in [2.24, 2.45) is 0 Å². The van der Waals surface area contributed by atoms with Crippen LogP contribution in [0.25, 0.3) is 0 Å². The molecule has 0 saturated carbocycles. The predicted molar refractivity (Wildman–Crippen MR) is 130 cm³/mol. The molecule has 2 aromatic carbocycles. The van der Waals surface area contributed by atoms with Crippen LogP contribution in [0, 0.1) is 0 Å². The van der Waals surface area contributed by atoms with Crippen LogP contribution in [0.5, 0.6) is 17.2 Å². The lowest BCUT2D eigenvalue weighted by Gasteiger charge is -2.36. The number of fused-ring (bicyclic) bond motifs is 1. The Morgan fingerprint density at radius 2 is 1.73 bits per heavy atom. The number of hydrogen-bond donors (Lipinski definition) is 1. The number of ether oxygens (including phenoxy) is 2. The van der Waals surface area contributed by atoms with Crippen LogP contribution in [-0.4, -0.2) is 61.9 Å². The summed E-state index contributed by atoms with van der Waals surface area (Å²) in [5, 5.41) is 11.5. The van der Waals surface area contributed by atoms with Gasteiger partial charge in [-0.25, -0.2) is 0 Å². The summed E-state index contributed by atoms with van der Waals surface area (Å²) in [6.45, 7) is 5.25. The van der Waals surface area contributed by atoms with E-state index < -0.39 is 0 Å². The minimum atomic E-state index is 0.0677. The number of thiophene rings is 1. The second-order valence-electron chi connectivity index (χ2n) is 8.17. The Labute approximate surface area is 197 Å². The van der Waals surface area contributed by atoms with Crippen LogP contribution in [0.4, 0.5) is 11.4 Å². The van der Waals surface area contributed by atoms with E-state index in [1.807, 2.05) is 46.7 Å². The summed E-state index contributed by atoms with van der Waals surface area (Å²) in [5.41, 5.74) is 1.91. The molecule has 2 aliphatic heterocycles. The van der Waals surface area contributed by atoms with E-state index in [0.29, 0.717) is 32.1 Å². The Morgan fingerprint density at radius 1 is 0.970 bits per heavy atom. The standard InChI is InChI=1S/C25H27N3O4S/c29-21-6-3-19(4-7-21)27-11-9-26(10-12-27)18-25(30)28(17-22-2-1-15-33-22)20-5-8-23-24(16-20)32-14-13-31-23/h1-8,15-16,29H,9-14,17-18H2. The molecular formula is C25H27N3O4S. The Balaban J connectivity index is 1.27. The van der Waals surface area contributed by atoms with Crippen LogP contribution < -0.4 is 19.3 Å². The molecule has 1 N–H and O–H groups in total. The summed E-state index contributed by atoms with van der Waals surface area (Å²) in [6.07, 6.45) is 0. The first kappa shape index (κ1) is 21.6. The van der Waals surface area contributed by atoms with Crippen LogP contribution in [0.3, 0.4) is 0 Å². The number of phenolic OH excluding ortho intramolecular Hbond substituents is 1. The predicted octanol–water partition coefficient (Wildman–Crippen LogP) is 3.58. The third kappa shape index (κ3) is 5.07. The van der Waals surface area contributed by atoms with Gasteiger partial charge in [0.25, 0.3) is 0 Å². The molecule has 0 unspecified atom stereocenters. The maximum atomic E-state index is 13.5. The van der Waals surface area contributed by atoms with Crippen molar-refractivity contribution in [3.05, 3.63) is 64.9 Å². The van der Waals surface area contributed by atoms with Crippen LogP contribution >= 0.6 is 11.3 Å². The highest BCUT2D eigenvalue weighted by atomic mass is 32.1. The largest absolute Gasteiger partial charge is 0.508 e. The van der Waals surface area contributed by atoms with Crippen molar-refractivity contribution in [1.29, 1.82) is 0 Å². The van der Waals surface area contributed by atoms with E-state index >= 15 is 0 Å². The zero-order valence-electron chi connectivity index (χ0n) is 18.4. The van der Waals surface area contributed by atoms with Crippen molar-refractivity contribution in [2.45, 2.75) is 6.54 Å². The number of phenols is 1. The quantitative estimate of drug-likeness (QED) is 0.600. The van der Waals surface area contributed by atoms with Gasteiger partial charge in [-0.1, -0.05) is 6.07 Å². The topological polar surface area (TPSA) is 65.5 Å². The SMILES string of the molecule is O=C(CN1CCN(c2ccc(O)cc2)CC1)N(Cc1cccs1)c1ccc2c(c1)OCCO2. The first-order valence-corrected chi connectivity index (χ1v) is 12.0. The van der Waals surface area contributed by atoms with Crippen LogP contribution in [0.15, 0.2) is 60.0 Å². The van der Waals surface area contributed by atoms with Gasteiger partial charge in [0.15, 0.2) is 11.5 Å². The molecular weight excluding hydrogens is 438 g/mol. The number of piperazine rings is 1. The van der Waals surface area contributed by atoms with Crippen LogP contribution in [-0.2, 0) is 11.3 Å². The van der Waals surface area contributed by atoms with Gasteiger partial charge in [0.1, 0.15) is 19.0 Å². The third-order valence-corrected chi connectivity index (χ3v) is 6.84. The summed E-state index contributed by atoms with van der Waals surface area (Å²) >= 11 is 1.65. The Kier molecular flexibility index (Phi) is 6.37. The highest BCUT2D eigenvalue weighted by Crippen LogP contribution is 2.35. The van der Waals surface area contributed by atoms with Gasteiger partial charge in [0.05, 0.1) is 13.1 Å². The fourth-order valence-electron chi connectivity index (χ4n) is 4.19. The minimum Gasteiger partial charge on any atom is -0.508 e. The summed E-state index contributed by atoms with van der Waals surface area (Å²) in [6, 6.07) is 17.1. The normalized spacial score (nSPS) is 15.9. The van der Waals surface area contributed by atoms with Crippen molar-refractivity contribution < 1.29 is 19.4 Å². The maximum absolute atomic E-state index is 13.5. The fourth-order valence-corrected chi connectivity index (χ4v) is 4.88. The highest BCUT2D eigenvalue weighted by molar-refractivity contribution is 7.09. The lowest BCUT2D eigenvalue weighted by atomic mass is 10.2. The van der Waals surface area contributed by atoms with E-state index in [0.717, 1.165) is 48.2 Å². The number of anilines is 2. The van der Waals surface area contributed by atoms with Gasteiger partial charge >= 0.3 is 0 Å². The number of benzene rings is 2. The van der Waals surface area contributed by atoms with E-state index in [9.17, 15) is 9.90 Å². The molecule has 8 heteroatoms. The van der Waals surface area contributed by atoms with Crippen molar-refractivity contribution in [3.63, 3.8) is 0 Å². The fraction of sp³-hybridized carbons (Fsp3) is 0.320. The summed E-state index contributed by atoms with van der Waals surface area (Å²) in [4.78, 5) is 20.9. The molecule has 2 aliphatic rings. The molecule has 3 heterocycles. The first-order chi connectivity index (χ1) is 16.2. The van der Waals surface area contributed by atoms with Crippen molar-refractivity contribution in [1.82, 2.24) is 4.90 Å². The van der Waals surface area contributed by atoms with Gasteiger partial charge in [-0.2, -0.15) is 0 Å². The molecule has 172 valence electrons. The molecule has 0 bridgehead atoms. The number of amides is 1. The number of aromatic hydroxyl groups is 1. The Morgan fingerprint density at radius 3 is 2.45 bits per heavy atom. The molecule has 3 aromatic rings. The van der Waals surface area contributed by atoms with Gasteiger partial charge in [0, 0.05) is 48.5 Å². The average Bonchev–Trinajstić information content (AvgIpc) is 3.37. The molecule has 33 heavy (non-hydrogen) atoms. The molecule has 0 atom stereocenters. The third-order valence-electron chi connectivity index (χ3n) is 5.98. The maximum Gasteiger partial charge on any atom is 0.241 e. The van der Waals surface area contributed by atoms with Gasteiger partial charge in [-0.15, -0.1) is 11.3 Å². The lowest BCUT2D eigenvalue weighted by Crippen LogP contribution is -2.50. The van der Waals surface area contributed by atoms with Gasteiger partial charge in [-0.05, 0) is 47.8 Å². The smallest absolute Gasteiger partial charge is 0.241 e. The Bertz CT molecular complexity index is 1080. The molecule has 7 nitrogen and oxygen atoms in total. The van der Waals surface area contributed by atoms with Gasteiger partial charge in [0.2, 0.25) is 5.91 Å². The number of carbonyl (C=O) groups excluding carboxylic acids is 1. The average molecular weight is 466 g/mol. The lowest BCUT2D eigenvalue weighted by molar-refractivity contribution is -0.120. The van der Waals surface area contributed by atoms with Gasteiger partial charge < -0.3 is 24.4 Å². The van der Waals surface area contributed by atoms with Crippen molar-refractivity contribution >= 4 is 28.6 Å². The molecule has 0 aliphatic carbocycles. The number of carbonyl (C=O) groups is 1. The molecule has 5 rings (SSSR count). The zero-order chi connectivity index (χ0) is 22.6. The van der Waals surface area contributed by atoms with E-state index in [2.05, 4.69) is 15.9 Å². The zero-order valence-corrected chi connectivity index (χ0v) is 19.2. The minimum absolute atomic E-state index is 0.0677. The molecule has 1 aromatic heterocycles. The second-order valence-corrected chi connectivity index (χ2v) is 9.20. The summed E-state index contributed by atoms with van der Waals surface area (Å²) in [7, 11) is 0. The summed E-state index contributed by atoms with van der Waals surface area (Å²) < 4.78 is 11.4. The number of rotatable bonds is 6. The molecule has 0 radical (unpaired) electrons. The van der Waals surface area contributed by atoms with E-state index in [1.165, 1.54) is 0 Å². The van der Waals surface area contributed by atoms with E-state index in [4.69, 9.17) is 9.47 Å². The molecule has 1 saturated heterocycles. The summed E-state index contributed by atoms with van der Waals surface area (Å²) in [5.74, 6) is 1.75. The number of nitrogens with zero attached hydrogens (tertiary/aromatic N) is 3. The highest BCUT2D eigenvalue weighted by Gasteiger charge is 2.24. The monoisotopic (exact) mass is 465 g/mol. The van der Waals surface area contributed by atoms with E-state index in [1.54, 1.807) is 23.5 Å². The van der Waals surface area contributed by atoms with Crippen LogP contribution in [0.2, 0.25) is 0 Å². The van der Waals surface area contributed by atoms with E-state index in [-0.39, 0.29) is 11.7 Å². The van der Waals surface area contributed by atoms with Crippen molar-refractivity contribution in [3.8, 4) is 17.2 Å². The molecule has 0 spiro atoms. The first-order valence-electron chi connectivity index (χ1n) is 11.1.